The Hall–Kier alpha value is -2.98. The molecule has 1 aliphatic heterocycles. The van der Waals surface area contributed by atoms with E-state index in [1.165, 1.54) is 29.9 Å². The minimum absolute atomic E-state index is 0.118. The largest absolute Gasteiger partial charge is 0.419 e. The Balaban J connectivity index is 1.79. The molecule has 0 spiro atoms. The zero-order valence-electron chi connectivity index (χ0n) is 17.8. The number of aryl methyl sites for hydroxylation is 1. The first-order valence-corrected chi connectivity index (χ1v) is 11.0. The molecule has 1 unspecified atom stereocenters. The molecule has 1 aromatic carbocycles. The fourth-order valence-corrected chi connectivity index (χ4v) is 4.43. The summed E-state index contributed by atoms with van der Waals surface area (Å²) in [5.74, 6) is -2.46. The molecule has 1 saturated heterocycles. The zero-order chi connectivity index (χ0) is 24.1. The average Bonchev–Trinajstić information content (AvgIpc) is 3.11. The van der Waals surface area contributed by atoms with Crippen molar-refractivity contribution in [3.05, 3.63) is 35.0 Å². The van der Waals surface area contributed by atoms with E-state index in [0.717, 1.165) is 6.92 Å². The Morgan fingerprint density at radius 1 is 1.21 bits per heavy atom. The van der Waals surface area contributed by atoms with Gasteiger partial charge in [-0.15, -0.1) is 0 Å². The van der Waals surface area contributed by atoms with Gasteiger partial charge in [0.05, 0.1) is 23.6 Å². The van der Waals surface area contributed by atoms with Crippen molar-refractivity contribution >= 4 is 28.9 Å². The summed E-state index contributed by atoms with van der Waals surface area (Å²) in [5, 5.41) is 13.8. The van der Waals surface area contributed by atoms with Crippen LogP contribution in [0.25, 0.3) is 22.3 Å². The number of aromatic nitrogens is 4. The third kappa shape index (κ3) is 3.97. The highest BCUT2D eigenvalue weighted by Gasteiger charge is 2.37. The van der Waals surface area contributed by atoms with Crippen LogP contribution in [-0.4, -0.2) is 56.0 Å². The van der Waals surface area contributed by atoms with Crippen LogP contribution in [0.5, 0.6) is 0 Å². The summed E-state index contributed by atoms with van der Waals surface area (Å²) in [6.07, 6.45) is -1.75. The standard InChI is InChI=1S/C20H18F5N7S/c1-10-15(21)12(6-14(16(10)22)20(23,24)25)17-13-8-27-19(28-18(13)30(2)29-17)31-4-5-32(33-3)11(7-26)9-31/h6,8,11H,4-5,9H2,1-3H3. The van der Waals surface area contributed by atoms with Crippen molar-refractivity contribution in [2.75, 3.05) is 30.8 Å². The van der Waals surface area contributed by atoms with Gasteiger partial charge in [0.2, 0.25) is 5.95 Å². The zero-order valence-corrected chi connectivity index (χ0v) is 18.6. The summed E-state index contributed by atoms with van der Waals surface area (Å²) < 4.78 is 72.1. The molecule has 0 bridgehead atoms. The molecule has 1 aliphatic rings. The highest BCUT2D eigenvalue weighted by molar-refractivity contribution is 7.96. The number of anilines is 1. The number of nitriles is 1. The number of benzene rings is 1. The van der Waals surface area contributed by atoms with Crippen molar-refractivity contribution in [3.63, 3.8) is 0 Å². The Bertz CT molecular complexity index is 1270. The van der Waals surface area contributed by atoms with Crippen LogP contribution in [0.3, 0.4) is 0 Å². The second-order valence-electron chi connectivity index (χ2n) is 7.52. The minimum atomic E-state index is -5.00. The van der Waals surface area contributed by atoms with Gasteiger partial charge in [0.15, 0.2) is 5.65 Å². The first-order valence-electron chi connectivity index (χ1n) is 9.78. The van der Waals surface area contributed by atoms with E-state index in [4.69, 9.17) is 0 Å². The van der Waals surface area contributed by atoms with Gasteiger partial charge >= 0.3 is 6.18 Å². The molecule has 33 heavy (non-hydrogen) atoms. The van der Waals surface area contributed by atoms with Crippen molar-refractivity contribution in [2.45, 2.75) is 19.1 Å². The lowest BCUT2D eigenvalue weighted by molar-refractivity contribution is -0.140. The Morgan fingerprint density at radius 2 is 1.94 bits per heavy atom. The fourth-order valence-electron chi connectivity index (χ4n) is 3.80. The molecule has 2 aromatic heterocycles. The summed E-state index contributed by atoms with van der Waals surface area (Å²) in [7, 11) is 1.52. The van der Waals surface area contributed by atoms with Gasteiger partial charge in [-0.05, 0) is 19.2 Å². The minimum Gasteiger partial charge on any atom is -0.337 e. The van der Waals surface area contributed by atoms with E-state index in [1.54, 1.807) is 0 Å². The maximum atomic E-state index is 14.8. The molecule has 0 aliphatic carbocycles. The summed E-state index contributed by atoms with van der Waals surface area (Å²) >= 11 is 1.47. The molecule has 0 radical (unpaired) electrons. The van der Waals surface area contributed by atoms with E-state index in [9.17, 15) is 27.2 Å². The van der Waals surface area contributed by atoms with Crippen LogP contribution in [-0.2, 0) is 13.2 Å². The van der Waals surface area contributed by atoms with Crippen molar-refractivity contribution in [1.29, 1.82) is 5.26 Å². The SMILES string of the molecule is CSN1CCN(c2ncc3c(-c4cc(C(F)(F)F)c(F)c(C)c4F)nn(C)c3n2)CC1C#N. The summed E-state index contributed by atoms with van der Waals surface area (Å²) in [5.41, 5.74) is -2.65. The van der Waals surface area contributed by atoms with Crippen LogP contribution in [0.1, 0.15) is 11.1 Å². The number of hydrogen-bond donors (Lipinski definition) is 0. The molecule has 0 amide bonds. The van der Waals surface area contributed by atoms with Gasteiger partial charge in [-0.3, -0.25) is 0 Å². The van der Waals surface area contributed by atoms with Crippen LogP contribution < -0.4 is 4.90 Å². The van der Waals surface area contributed by atoms with Crippen molar-refractivity contribution in [3.8, 4) is 17.3 Å². The predicted octanol–water partition coefficient (Wildman–Crippen LogP) is 3.93. The topological polar surface area (TPSA) is 73.9 Å². The number of halogens is 5. The fraction of sp³-hybridized carbons (Fsp3) is 0.400. The molecule has 0 saturated carbocycles. The number of hydrogen-bond acceptors (Lipinski definition) is 7. The van der Waals surface area contributed by atoms with E-state index in [0.29, 0.717) is 31.6 Å². The highest BCUT2D eigenvalue weighted by Crippen LogP contribution is 2.39. The monoisotopic (exact) mass is 483 g/mol. The van der Waals surface area contributed by atoms with Gasteiger partial charge < -0.3 is 4.90 Å². The van der Waals surface area contributed by atoms with Crippen LogP contribution in [0.2, 0.25) is 0 Å². The quantitative estimate of drug-likeness (QED) is 0.413. The van der Waals surface area contributed by atoms with Gasteiger partial charge in [-0.1, -0.05) is 11.9 Å². The summed E-state index contributed by atoms with van der Waals surface area (Å²) in [6.45, 7) is 2.49. The van der Waals surface area contributed by atoms with Crippen LogP contribution in [0.4, 0.5) is 27.9 Å². The third-order valence-corrected chi connectivity index (χ3v) is 6.45. The Morgan fingerprint density at radius 3 is 2.58 bits per heavy atom. The second kappa shape index (κ2) is 8.42. The molecule has 3 heterocycles. The second-order valence-corrected chi connectivity index (χ2v) is 8.35. The number of alkyl halides is 3. The molecule has 4 rings (SSSR count). The molecule has 7 nitrogen and oxygen atoms in total. The molecular weight excluding hydrogens is 465 g/mol. The lowest BCUT2D eigenvalue weighted by atomic mass is 10.0. The van der Waals surface area contributed by atoms with Gasteiger partial charge in [0.25, 0.3) is 0 Å². The average molecular weight is 483 g/mol. The van der Waals surface area contributed by atoms with Crippen LogP contribution in [0, 0.1) is 29.9 Å². The maximum absolute atomic E-state index is 14.8. The molecule has 3 aromatic rings. The molecule has 0 N–H and O–H groups in total. The van der Waals surface area contributed by atoms with Crippen molar-refractivity contribution in [1.82, 2.24) is 24.1 Å². The van der Waals surface area contributed by atoms with E-state index < -0.39 is 34.5 Å². The maximum Gasteiger partial charge on any atom is 0.419 e. The van der Waals surface area contributed by atoms with Gasteiger partial charge in [-0.2, -0.15) is 28.5 Å². The van der Waals surface area contributed by atoms with Gasteiger partial charge in [0, 0.05) is 37.5 Å². The Labute approximate surface area is 189 Å². The van der Waals surface area contributed by atoms with Crippen molar-refractivity contribution in [2.24, 2.45) is 7.05 Å². The summed E-state index contributed by atoms with van der Waals surface area (Å²) in [4.78, 5) is 10.6. The van der Waals surface area contributed by atoms with Crippen molar-refractivity contribution < 1.29 is 22.0 Å². The molecule has 13 heteroatoms. The van der Waals surface area contributed by atoms with E-state index in [2.05, 4.69) is 21.1 Å². The van der Waals surface area contributed by atoms with Crippen LogP contribution in [0.15, 0.2) is 12.3 Å². The third-order valence-electron chi connectivity index (χ3n) is 5.55. The molecule has 174 valence electrons. The van der Waals surface area contributed by atoms with E-state index in [1.807, 2.05) is 15.5 Å². The summed E-state index contributed by atoms with van der Waals surface area (Å²) in [6, 6.07) is 2.29. The first-order chi connectivity index (χ1) is 15.6. The molecule has 1 fully saturated rings. The normalized spacial score (nSPS) is 17.5. The van der Waals surface area contributed by atoms with E-state index >= 15 is 0 Å². The predicted molar refractivity (Wildman–Crippen MR) is 113 cm³/mol. The van der Waals surface area contributed by atoms with Gasteiger partial charge in [-0.25, -0.2) is 22.8 Å². The smallest absolute Gasteiger partial charge is 0.337 e. The number of piperazine rings is 1. The Kier molecular flexibility index (Phi) is 5.92. The number of nitrogens with zero attached hydrogens (tertiary/aromatic N) is 7. The van der Waals surface area contributed by atoms with Gasteiger partial charge in [0.1, 0.15) is 23.4 Å². The molecule has 1 atom stereocenters. The lowest BCUT2D eigenvalue weighted by Gasteiger charge is -2.36. The van der Waals surface area contributed by atoms with E-state index in [-0.39, 0.29) is 22.8 Å². The highest BCUT2D eigenvalue weighted by atomic mass is 32.2. The van der Waals surface area contributed by atoms with Crippen LogP contribution >= 0.6 is 11.9 Å². The first kappa shape index (κ1) is 23.2. The molecular formula is C20H18F5N7S. The number of rotatable bonds is 3. The number of fused-ring (bicyclic) bond motifs is 1. The lowest BCUT2D eigenvalue weighted by Crippen LogP contribution is -2.50.